The second kappa shape index (κ2) is 8.13. The van der Waals surface area contributed by atoms with Crippen LogP contribution in [0.3, 0.4) is 0 Å². The Bertz CT molecular complexity index is 335. The SMILES string of the molecule is C#CCNCC(=O)N[C@@H](CCC(N)=O)C(=O)O. The fourth-order valence-corrected chi connectivity index (χ4v) is 1.04. The molecule has 0 rings (SSSR count). The van der Waals surface area contributed by atoms with Gasteiger partial charge in [-0.25, -0.2) is 4.79 Å². The van der Waals surface area contributed by atoms with Crippen molar-refractivity contribution in [3.05, 3.63) is 0 Å². The summed E-state index contributed by atoms with van der Waals surface area (Å²) in [6.07, 6.45) is 4.82. The maximum Gasteiger partial charge on any atom is 0.326 e. The number of nitrogens with one attached hydrogen (secondary N) is 2. The summed E-state index contributed by atoms with van der Waals surface area (Å²) < 4.78 is 0. The van der Waals surface area contributed by atoms with E-state index in [9.17, 15) is 14.4 Å². The molecule has 0 radical (unpaired) electrons. The summed E-state index contributed by atoms with van der Waals surface area (Å²) in [4.78, 5) is 32.5. The molecule has 7 nitrogen and oxygen atoms in total. The van der Waals surface area contributed by atoms with E-state index in [0.29, 0.717) is 0 Å². The molecule has 1 atom stereocenters. The van der Waals surface area contributed by atoms with Gasteiger partial charge in [0.2, 0.25) is 11.8 Å². The Labute approximate surface area is 98.7 Å². The lowest BCUT2D eigenvalue weighted by Gasteiger charge is -2.13. The first kappa shape index (κ1) is 14.9. The first-order valence-electron chi connectivity index (χ1n) is 4.92. The van der Waals surface area contributed by atoms with Crippen LogP contribution in [0.1, 0.15) is 12.8 Å². The Balaban J connectivity index is 4.07. The van der Waals surface area contributed by atoms with Gasteiger partial charge >= 0.3 is 5.97 Å². The zero-order valence-corrected chi connectivity index (χ0v) is 9.23. The maximum absolute atomic E-state index is 11.3. The molecule has 0 saturated heterocycles. The van der Waals surface area contributed by atoms with Gasteiger partial charge in [-0.15, -0.1) is 6.42 Å². The molecule has 0 aliphatic rings. The molecule has 0 heterocycles. The zero-order chi connectivity index (χ0) is 13.3. The maximum atomic E-state index is 11.3. The number of terminal acetylenes is 1. The number of hydrogen-bond acceptors (Lipinski definition) is 4. The number of aliphatic carboxylic acids is 1. The van der Waals surface area contributed by atoms with E-state index in [1.807, 2.05) is 0 Å². The van der Waals surface area contributed by atoms with Crippen molar-refractivity contribution in [3.63, 3.8) is 0 Å². The number of nitrogens with two attached hydrogens (primary N) is 1. The van der Waals surface area contributed by atoms with Gasteiger partial charge in [0.15, 0.2) is 0 Å². The molecular formula is C10H15N3O4. The Kier molecular flexibility index (Phi) is 7.14. The number of carboxylic acid groups (broad SMARTS) is 1. The third-order valence-corrected chi connectivity index (χ3v) is 1.83. The van der Waals surface area contributed by atoms with Gasteiger partial charge in [0.1, 0.15) is 6.04 Å². The topological polar surface area (TPSA) is 122 Å². The molecule has 0 aliphatic carbocycles. The highest BCUT2D eigenvalue weighted by molar-refractivity contribution is 5.85. The van der Waals surface area contributed by atoms with Crippen molar-refractivity contribution in [2.24, 2.45) is 5.73 Å². The fraction of sp³-hybridized carbons (Fsp3) is 0.500. The third kappa shape index (κ3) is 7.81. The van der Waals surface area contributed by atoms with Gasteiger partial charge in [-0.05, 0) is 6.42 Å². The average Bonchev–Trinajstić information content (AvgIpc) is 2.23. The second-order valence-corrected chi connectivity index (χ2v) is 3.27. The van der Waals surface area contributed by atoms with Crippen LogP contribution in [0.2, 0.25) is 0 Å². The van der Waals surface area contributed by atoms with E-state index >= 15 is 0 Å². The predicted octanol–water partition coefficient (Wildman–Crippen LogP) is -1.96. The lowest BCUT2D eigenvalue weighted by atomic mass is 10.1. The number of carbonyl (C=O) groups excluding carboxylic acids is 2. The molecule has 17 heavy (non-hydrogen) atoms. The number of amides is 2. The van der Waals surface area contributed by atoms with Gasteiger partial charge in [0.25, 0.3) is 0 Å². The number of hydrogen-bond donors (Lipinski definition) is 4. The van der Waals surface area contributed by atoms with Crippen LogP contribution in [-0.2, 0) is 14.4 Å². The summed E-state index contributed by atoms with van der Waals surface area (Å²) in [6, 6.07) is -1.12. The van der Waals surface area contributed by atoms with Crippen LogP contribution in [0.25, 0.3) is 0 Å². The quantitative estimate of drug-likeness (QED) is 0.290. The molecule has 0 aromatic rings. The van der Waals surface area contributed by atoms with Crippen LogP contribution >= 0.6 is 0 Å². The van der Waals surface area contributed by atoms with Crippen LogP contribution in [-0.4, -0.2) is 42.0 Å². The highest BCUT2D eigenvalue weighted by atomic mass is 16.4. The molecular weight excluding hydrogens is 226 g/mol. The molecule has 94 valence electrons. The number of rotatable bonds is 8. The molecule has 7 heteroatoms. The van der Waals surface area contributed by atoms with Crippen molar-refractivity contribution >= 4 is 17.8 Å². The predicted molar refractivity (Wildman–Crippen MR) is 59.7 cm³/mol. The third-order valence-electron chi connectivity index (χ3n) is 1.83. The van der Waals surface area contributed by atoms with Gasteiger partial charge in [-0.2, -0.15) is 0 Å². The number of carboxylic acids is 1. The Hall–Kier alpha value is -2.07. The van der Waals surface area contributed by atoms with Crippen LogP contribution in [0.15, 0.2) is 0 Å². The van der Waals surface area contributed by atoms with Crippen molar-refractivity contribution < 1.29 is 19.5 Å². The van der Waals surface area contributed by atoms with Crippen molar-refractivity contribution in [1.29, 1.82) is 0 Å². The molecule has 0 saturated carbocycles. The van der Waals surface area contributed by atoms with Crippen molar-refractivity contribution in [2.45, 2.75) is 18.9 Å². The van der Waals surface area contributed by atoms with Crippen molar-refractivity contribution in [1.82, 2.24) is 10.6 Å². The first-order chi connectivity index (χ1) is 7.97. The Morgan fingerprint density at radius 3 is 2.53 bits per heavy atom. The monoisotopic (exact) mass is 241 g/mol. The second-order valence-electron chi connectivity index (χ2n) is 3.27. The summed E-state index contributed by atoms with van der Waals surface area (Å²) in [7, 11) is 0. The Morgan fingerprint density at radius 1 is 1.41 bits per heavy atom. The molecule has 0 aromatic heterocycles. The molecule has 0 aliphatic heterocycles. The summed E-state index contributed by atoms with van der Waals surface area (Å²) in [5, 5.41) is 13.7. The van der Waals surface area contributed by atoms with Crippen LogP contribution in [0.5, 0.6) is 0 Å². The lowest BCUT2D eigenvalue weighted by molar-refractivity contribution is -0.142. The van der Waals surface area contributed by atoms with E-state index < -0.39 is 23.8 Å². The smallest absolute Gasteiger partial charge is 0.326 e. The zero-order valence-electron chi connectivity index (χ0n) is 9.23. The highest BCUT2D eigenvalue weighted by Gasteiger charge is 2.19. The van der Waals surface area contributed by atoms with Gasteiger partial charge in [0.05, 0.1) is 13.1 Å². The fourth-order valence-electron chi connectivity index (χ4n) is 1.04. The minimum absolute atomic E-state index is 0.0362. The van der Waals surface area contributed by atoms with E-state index in [4.69, 9.17) is 17.3 Å². The van der Waals surface area contributed by atoms with E-state index in [-0.39, 0.29) is 25.9 Å². The largest absolute Gasteiger partial charge is 0.480 e. The van der Waals surface area contributed by atoms with Crippen LogP contribution in [0.4, 0.5) is 0 Å². The lowest BCUT2D eigenvalue weighted by Crippen LogP contribution is -2.45. The average molecular weight is 241 g/mol. The molecule has 0 unspecified atom stereocenters. The molecule has 0 bridgehead atoms. The first-order valence-corrected chi connectivity index (χ1v) is 4.92. The standard InChI is InChI=1S/C10H15N3O4/c1-2-5-12-6-9(15)13-7(10(16)17)3-4-8(11)14/h1,7,12H,3-6H2,(H2,11,14)(H,13,15)(H,16,17)/t7-/m0/s1. The molecule has 2 amide bonds. The summed E-state index contributed by atoms with van der Waals surface area (Å²) in [6.45, 7) is 0.136. The van der Waals surface area contributed by atoms with Crippen molar-refractivity contribution in [3.8, 4) is 12.3 Å². The van der Waals surface area contributed by atoms with E-state index in [1.54, 1.807) is 0 Å². The van der Waals surface area contributed by atoms with Gasteiger partial charge < -0.3 is 16.2 Å². The van der Waals surface area contributed by atoms with E-state index in [0.717, 1.165) is 0 Å². The normalized spacial score (nSPS) is 11.2. The van der Waals surface area contributed by atoms with E-state index in [1.165, 1.54) is 0 Å². The van der Waals surface area contributed by atoms with E-state index in [2.05, 4.69) is 16.6 Å². The highest BCUT2D eigenvalue weighted by Crippen LogP contribution is 1.97. The molecule has 0 fully saturated rings. The van der Waals surface area contributed by atoms with Gasteiger partial charge in [-0.1, -0.05) is 5.92 Å². The molecule has 0 aromatic carbocycles. The minimum Gasteiger partial charge on any atom is -0.480 e. The summed E-state index contributed by atoms with van der Waals surface area (Å²) in [5.74, 6) is -0.0584. The summed E-state index contributed by atoms with van der Waals surface area (Å²) >= 11 is 0. The minimum atomic E-state index is -1.21. The number of primary amides is 1. The number of carbonyl (C=O) groups is 3. The van der Waals surface area contributed by atoms with Crippen LogP contribution < -0.4 is 16.4 Å². The van der Waals surface area contributed by atoms with Crippen LogP contribution in [0, 0.1) is 12.3 Å². The Morgan fingerprint density at radius 2 is 2.06 bits per heavy atom. The van der Waals surface area contributed by atoms with Gasteiger partial charge in [-0.3, -0.25) is 14.9 Å². The molecule has 0 spiro atoms. The van der Waals surface area contributed by atoms with Crippen molar-refractivity contribution in [2.75, 3.05) is 13.1 Å². The summed E-state index contributed by atoms with van der Waals surface area (Å²) in [5.41, 5.74) is 4.89. The molecule has 5 N–H and O–H groups in total. The van der Waals surface area contributed by atoms with Gasteiger partial charge in [0, 0.05) is 6.42 Å².